The number of amides is 2. The molecule has 1 atom stereocenters. The van der Waals surface area contributed by atoms with E-state index in [0.29, 0.717) is 17.7 Å². The van der Waals surface area contributed by atoms with Crippen LogP contribution in [0.5, 0.6) is 5.75 Å². The Hall–Kier alpha value is -2.50. The average Bonchev–Trinajstić information content (AvgIpc) is 2.69. The van der Waals surface area contributed by atoms with Crippen molar-refractivity contribution in [3.8, 4) is 5.75 Å². The molecule has 0 spiro atoms. The van der Waals surface area contributed by atoms with E-state index in [0.717, 1.165) is 30.6 Å². The molecule has 2 aliphatic rings. The lowest BCUT2D eigenvalue weighted by Gasteiger charge is -2.29. The lowest BCUT2D eigenvalue weighted by Crippen LogP contribution is -2.45. The summed E-state index contributed by atoms with van der Waals surface area (Å²) in [5.74, 6) is 0.391. The maximum atomic E-state index is 12.4. The van der Waals surface area contributed by atoms with E-state index in [1.807, 2.05) is 31.2 Å². The van der Waals surface area contributed by atoms with Gasteiger partial charge in [0.25, 0.3) is 0 Å². The third kappa shape index (κ3) is 4.62. The highest BCUT2D eigenvalue weighted by Gasteiger charge is 2.33. The predicted octanol–water partition coefficient (Wildman–Crippen LogP) is 3.98. The molecule has 0 saturated heterocycles. The molecule has 1 fully saturated rings. The number of methoxy groups -OCH3 is 1. The Morgan fingerprint density at radius 1 is 1.15 bits per heavy atom. The number of carbonyl (C=O) groups is 2. The maximum Gasteiger partial charge on any atom is 0.337 e. The van der Waals surface area contributed by atoms with E-state index in [9.17, 15) is 9.59 Å². The van der Waals surface area contributed by atoms with Gasteiger partial charge in [0.1, 0.15) is 5.75 Å². The molecule has 0 radical (unpaired) electrons. The Labute approximate surface area is 160 Å². The zero-order valence-corrected chi connectivity index (χ0v) is 16.0. The maximum absolute atomic E-state index is 12.4. The molecule has 6 heteroatoms. The Balaban J connectivity index is 1.82. The van der Waals surface area contributed by atoms with Gasteiger partial charge in [-0.15, -0.1) is 0 Å². The second kappa shape index (κ2) is 8.93. The number of hydrogen-bond donors (Lipinski definition) is 2. The van der Waals surface area contributed by atoms with Crippen molar-refractivity contribution in [2.75, 3.05) is 7.11 Å². The van der Waals surface area contributed by atoms with Crippen LogP contribution >= 0.6 is 0 Å². The Kier molecular flexibility index (Phi) is 6.37. The van der Waals surface area contributed by atoms with Crippen molar-refractivity contribution < 1.29 is 19.1 Å². The van der Waals surface area contributed by atoms with Crippen LogP contribution in [0.2, 0.25) is 0 Å². The fourth-order valence-electron chi connectivity index (χ4n) is 3.78. The lowest BCUT2D eigenvalue weighted by molar-refractivity contribution is -0.136. The van der Waals surface area contributed by atoms with E-state index in [-0.39, 0.29) is 12.1 Å². The molecule has 1 unspecified atom stereocenters. The molecule has 2 N–H and O–H groups in total. The van der Waals surface area contributed by atoms with Crippen LogP contribution in [0, 0.1) is 0 Å². The van der Waals surface area contributed by atoms with Gasteiger partial charge in [0, 0.05) is 5.70 Å². The summed E-state index contributed by atoms with van der Waals surface area (Å²) in [5.41, 5.74) is 1.91. The van der Waals surface area contributed by atoms with Gasteiger partial charge in [-0.1, -0.05) is 31.9 Å². The fraction of sp³-hybridized carbons (Fsp3) is 0.524. The van der Waals surface area contributed by atoms with Crippen molar-refractivity contribution in [2.45, 2.75) is 64.0 Å². The number of rotatable bonds is 6. The highest BCUT2D eigenvalue weighted by atomic mass is 16.5. The molecule has 2 amide bonds. The summed E-state index contributed by atoms with van der Waals surface area (Å²) >= 11 is 0. The molecule has 0 aromatic heterocycles. The summed E-state index contributed by atoms with van der Waals surface area (Å²) in [6.45, 7) is 2.00. The molecule has 1 aliphatic heterocycles. The molecule has 27 heavy (non-hydrogen) atoms. The second-order valence-corrected chi connectivity index (χ2v) is 7.11. The van der Waals surface area contributed by atoms with Crippen molar-refractivity contribution >= 4 is 12.0 Å². The average molecular weight is 372 g/mol. The first-order chi connectivity index (χ1) is 13.1. The van der Waals surface area contributed by atoms with Crippen molar-refractivity contribution in [3.63, 3.8) is 0 Å². The number of allylic oxidation sites excluding steroid dienone is 1. The SMILES string of the molecule is CCCC1=C(C(=O)OC)C(c2ccc(OC3CCCCC3)cc2)NC(=O)N1. The topological polar surface area (TPSA) is 76.7 Å². The number of hydrogen-bond acceptors (Lipinski definition) is 4. The van der Waals surface area contributed by atoms with Gasteiger partial charge < -0.3 is 20.1 Å². The van der Waals surface area contributed by atoms with Crippen LogP contribution < -0.4 is 15.4 Å². The number of esters is 1. The molecule has 1 aliphatic carbocycles. The lowest BCUT2D eigenvalue weighted by atomic mass is 9.93. The van der Waals surface area contributed by atoms with Crippen molar-refractivity contribution in [1.82, 2.24) is 10.6 Å². The van der Waals surface area contributed by atoms with Crippen molar-refractivity contribution in [2.24, 2.45) is 0 Å². The highest BCUT2D eigenvalue weighted by Crippen LogP contribution is 2.31. The molecule has 1 aromatic carbocycles. The van der Waals surface area contributed by atoms with Crippen LogP contribution in [0.4, 0.5) is 4.79 Å². The zero-order chi connectivity index (χ0) is 19.2. The Morgan fingerprint density at radius 3 is 2.48 bits per heavy atom. The number of urea groups is 1. The molecular weight excluding hydrogens is 344 g/mol. The minimum atomic E-state index is -0.531. The van der Waals surface area contributed by atoms with Crippen LogP contribution in [0.15, 0.2) is 35.5 Å². The van der Waals surface area contributed by atoms with E-state index in [1.54, 1.807) is 0 Å². The zero-order valence-electron chi connectivity index (χ0n) is 16.0. The van der Waals surface area contributed by atoms with E-state index in [1.165, 1.54) is 26.4 Å². The van der Waals surface area contributed by atoms with Crippen LogP contribution in [0.25, 0.3) is 0 Å². The van der Waals surface area contributed by atoms with Gasteiger partial charge in [0.15, 0.2) is 0 Å². The third-order valence-corrected chi connectivity index (χ3v) is 5.13. The highest BCUT2D eigenvalue weighted by molar-refractivity contribution is 5.95. The van der Waals surface area contributed by atoms with Crippen LogP contribution in [0.3, 0.4) is 0 Å². The second-order valence-electron chi connectivity index (χ2n) is 7.11. The number of ether oxygens (including phenoxy) is 2. The number of nitrogens with one attached hydrogen (secondary N) is 2. The van der Waals surface area contributed by atoms with Crippen LogP contribution in [-0.4, -0.2) is 25.2 Å². The Bertz CT molecular complexity index is 705. The number of carbonyl (C=O) groups excluding carboxylic acids is 2. The van der Waals surface area contributed by atoms with E-state index < -0.39 is 12.0 Å². The number of benzene rings is 1. The summed E-state index contributed by atoms with van der Waals surface area (Å²) in [5, 5.41) is 5.59. The third-order valence-electron chi connectivity index (χ3n) is 5.13. The standard InChI is InChI=1S/C21H28N2O4/c1-3-7-17-18(20(24)26-2)19(23-21(25)22-17)14-10-12-16(13-11-14)27-15-8-5-4-6-9-15/h10-13,15,19H,3-9H2,1-2H3,(H2,22,23,25). The first-order valence-corrected chi connectivity index (χ1v) is 9.77. The fourth-order valence-corrected chi connectivity index (χ4v) is 3.78. The summed E-state index contributed by atoms with van der Waals surface area (Å²) in [6.07, 6.45) is 7.63. The van der Waals surface area contributed by atoms with Gasteiger partial charge in [-0.2, -0.15) is 0 Å². The van der Waals surface area contributed by atoms with Crippen LogP contribution in [0.1, 0.15) is 63.5 Å². The first kappa shape index (κ1) is 19.3. The normalized spacial score (nSPS) is 20.7. The van der Waals surface area contributed by atoms with Gasteiger partial charge in [-0.25, -0.2) is 9.59 Å². The molecule has 0 bridgehead atoms. The monoisotopic (exact) mass is 372 g/mol. The van der Waals surface area contributed by atoms with Gasteiger partial charge in [-0.05, 0) is 49.8 Å². The molecule has 1 saturated carbocycles. The quantitative estimate of drug-likeness (QED) is 0.741. The molecule has 1 aromatic rings. The minimum Gasteiger partial charge on any atom is -0.490 e. The van der Waals surface area contributed by atoms with E-state index in [2.05, 4.69) is 10.6 Å². The molecule has 3 rings (SSSR count). The van der Waals surface area contributed by atoms with Crippen LogP contribution in [-0.2, 0) is 9.53 Å². The first-order valence-electron chi connectivity index (χ1n) is 9.77. The molecule has 146 valence electrons. The van der Waals surface area contributed by atoms with Gasteiger partial charge in [-0.3, -0.25) is 0 Å². The summed E-state index contributed by atoms with van der Waals surface area (Å²) in [7, 11) is 1.35. The van der Waals surface area contributed by atoms with Gasteiger partial charge in [0.2, 0.25) is 0 Å². The van der Waals surface area contributed by atoms with E-state index >= 15 is 0 Å². The van der Waals surface area contributed by atoms with E-state index in [4.69, 9.17) is 9.47 Å². The Morgan fingerprint density at radius 2 is 1.85 bits per heavy atom. The molecular formula is C21H28N2O4. The van der Waals surface area contributed by atoms with Crippen molar-refractivity contribution in [1.29, 1.82) is 0 Å². The van der Waals surface area contributed by atoms with Gasteiger partial charge >= 0.3 is 12.0 Å². The molecule has 1 heterocycles. The smallest absolute Gasteiger partial charge is 0.337 e. The van der Waals surface area contributed by atoms with Gasteiger partial charge in [0.05, 0.1) is 24.8 Å². The summed E-state index contributed by atoms with van der Waals surface area (Å²) in [6, 6.07) is 6.79. The minimum absolute atomic E-state index is 0.282. The summed E-state index contributed by atoms with van der Waals surface area (Å²) < 4.78 is 11.0. The van der Waals surface area contributed by atoms with Crippen molar-refractivity contribution in [3.05, 3.63) is 41.1 Å². The largest absolute Gasteiger partial charge is 0.490 e. The molecule has 6 nitrogen and oxygen atoms in total. The predicted molar refractivity (Wildman–Crippen MR) is 102 cm³/mol. The summed E-state index contributed by atoms with van der Waals surface area (Å²) in [4.78, 5) is 24.5.